The average Bonchev–Trinajstić information content (AvgIpc) is 2.68. The third-order valence-electron chi connectivity index (χ3n) is 5.35. The molecule has 8 nitrogen and oxygen atoms in total. The quantitative estimate of drug-likeness (QED) is 0.565. The Balaban J connectivity index is 2.27. The highest BCUT2D eigenvalue weighted by molar-refractivity contribution is 5.92. The van der Waals surface area contributed by atoms with E-state index in [9.17, 15) is 14.7 Å². The minimum absolute atomic E-state index is 0.0260. The SMILES string of the molecule is CNCCC(=O)Nc1cc(CO)ccc1O[C@@H]1OC(C)[C@@H](C)[C@H](C)C1OC(C)=O. The summed E-state index contributed by atoms with van der Waals surface area (Å²) in [5.41, 5.74) is 1.07. The topological polar surface area (TPSA) is 106 Å². The van der Waals surface area contributed by atoms with E-state index in [1.807, 2.05) is 20.8 Å². The number of aliphatic hydroxyl groups is 1. The largest absolute Gasteiger partial charge is 0.459 e. The third kappa shape index (κ3) is 6.16. The lowest BCUT2D eigenvalue weighted by atomic mass is 9.84. The zero-order chi connectivity index (χ0) is 21.6. The van der Waals surface area contributed by atoms with Gasteiger partial charge in [0.25, 0.3) is 0 Å². The molecule has 0 radical (unpaired) electrons. The predicted molar refractivity (Wildman–Crippen MR) is 108 cm³/mol. The van der Waals surface area contributed by atoms with Crippen molar-refractivity contribution in [3.05, 3.63) is 23.8 Å². The Morgan fingerprint density at radius 2 is 1.93 bits per heavy atom. The lowest BCUT2D eigenvalue weighted by Gasteiger charge is -2.42. The maximum absolute atomic E-state index is 12.2. The van der Waals surface area contributed by atoms with Crippen LogP contribution in [0.5, 0.6) is 5.75 Å². The first-order chi connectivity index (χ1) is 13.8. The number of carbonyl (C=O) groups excluding carboxylic acids is 2. The van der Waals surface area contributed by atoms with Gasteiger partial charge in [0.15, 0.2) is 6.10 Å². The van der Waals surface area contributed by atoms with Crippen molar-refractivity contribution in [3.63, 3.8) is 0 Å². The van der Waals surface area contributed by atoms with Crippen molar-refractivity contribution < 1.29 is 28.9 Å². The maximum Gasteiger partial charge on any atom is 0.303 e. The molecule has 3 N–H and O–H groups in total. The van der Waals surface area contributed by atoms with Gasteiger partial charge >= 0.3 is 5.97 Å². The van der Waals surface area contributed by atoms with E-state index in [2.05, 4.69) is 10.6 Å². The lowest BCUT2D eigenvalue weighted by molar-refractivity contribution is -0.242. The van der Waals surface area contributed by atoms with Crippen LogP contribution in [-0.2, 0) is 25.7 Å². The van der Waals surface area contributed by atoms with Crippen LogP contribution in [0, 0.1) is 11.8 Å². The number of carbonyl (C=O) groups is 2. The second-order valence-corrected chi connectivity index (χ2v) is 7.51. The van der Waals surface area contributed by atoms with E-state index in [0.717, 1.165) is 0 Å². The molecule has 0 bridgehead atoms. The molecule has 2 rings (SSSR count). The highest BCUT2D eigenvalue weighted by Gasteiger charge is 2.43. The molecule has 29 heavy (non-hydrogen) atoms. The smallest absolute Gasteiger partial charge is 0.303 e. The van der Waals surface area contributed by atoms with Crippen molar-refractivity contribution in [3.8, 4) is 5.75 Å². The summed E-state index contributed by atoms with van der Waals surface area (Å²) in [6.45, 7) is 7.73. The highest BCUT2D eigenvalue weighted by atomic mass is 16.7. The van der Waals surface area contributed by atoms with Crippen molar-refractivity contribution in [1.82, 2.24) is 5.32 Å². The number of aliphatic hydroxyl groups excluding tert-OH is 1. The molecule has 1 fully saturated rings. The van der Waals surface area contributed by atoms with E-state index >= 15 is 0 Å². The Kier molecular flexibility index (Phi) is 8.43. The van der Waals surface area contributed by atoms with Gasteiger partial charge < -0.3 is 30.0 Å². The van der Waals surface area contributed by atoms with Crippen molar-refractivity contribution in [2.45, 2.75) is 59.2 Å². The summed E-state index contributed by atoms with van der Waals surface area (Å²) in [6.07, 6.45) is -1.19. The minimum Gasteiger partial charge on any atom is -0.459 e. The molecule has 1 heterocycles. The highest BCUT2D eigenvalue weighted by Crippen LogP contribution is 2.36. The van der Waals surface area contributed by atoms with Gasteiger partial charge in [-0.2, -0.15) is 0 Å². The van der Waals surface area contributed by atoms with Crippen LogP contribution in [0.4, 0.5) is 5.69 Å². The third-order valence-corrected chi connectivity index (χ3v) is 5.35. The number of hydrogen-bond donors (Lipinski definition) is 3. The normalized spacial score (nSPS) is 26.6. The van der Waals surface area contributed by atoms with Crippen LogP contribution < -0.4 is 15.4 Å². The number of esters is 1. The van der Waals surface area contributed by atoms with E-state index in [4.69, 9.17) is 14.2 Å². The number of amides is 1. The molecule has 1 saturated heterocycles. The molecular weight excluding hydrogens is 376 g/mol. The number of anilines is 1. The number of ether oxygens (including phenoxy) is 3. The van der Waals surface area contributed by atoms with E-state index in [-0.39, 0.29) is 30.5 Å². The van der Waals surface area contributed by atoms with Crippen molar-refractivity contribution in [2.24, 2.45) is 11.8 Å². The Hall–Kier alpha value is -2.16. The van der Waals surface area contributed by atoms with Gasteiger partial charge in [0, 0.05) is 25.8 Å². The molecule has 162 valence electrons. The van der Waals surface area contributed by atoms with Crippen LogP contribution >= 0.6 is 0 Å². The molecule has 0 aliphatic carbocycles. The molecule has 5 atom stereocenters. The Morgan fingerprint density at radius 1 is 1.21 bits per heavy atom. The zero-order valence-corrected chi connectivity index (χ0v) is 17.7. The predicted octanol–water partition coefficient (Wildman–Crippen LogP) is 2.05. The molecular formula is C21H32N2O6. The number of hydrogen-bond acceptors (Lipinski definition) is 7. The number of benzene rings is 1. The summed E-state index contributed by atoms with van der Waals surface area (Å²) < 4.78 is 17.6. The van der Waals surface area contributed by atoms with Gasteiger partial charge in [-0.3, -0.25) is 9.59 Å². The lowest BCUT2D eigenvalue weighted by Crippen LogP contribution is -2.52. The first-order valence-corrected chi connectivity index (χ1v) is 9.94. The molecule has 2 unspecified atom stereocenters. The fourth-order valence-electron chi connectivity index (χ4n) is 3.29. The zero-order valence-electron chi connectivity index (χ0n) is 17.7. The Labute approximate surface area is 171 Å². The summed E-state index contributed by atoms with van der Waals surface area (Å²) in [4.78, 5) is 23.8. The second-order valence-electron chi connectivity index (χ2n) is 7.51. The van der Waals surface area contributed by atoms with Crippen LogP contribution in [0.2, 0.25) is 0 Å². The molecule has 1 aromatic carbocycles. The second kappa shape index (κ2) is 10.6. The van der Waals surface area contributed by atoms with E-state index in [1.165, 1.54) is 6.92 Å². The number of nitrogens with one attached hydrogen (secondary N) is 2. The Morgan fingerprint density at radius 3 is 2.55 bits per heavy atom. The molecule has 1 amide bonds. The van der Waals surface area contributed by atoms with Crippen LogP contribution in [0.15, 0.2) is 18.2 Å². The van der Waals surface area contributed by atoms with Gasteiger partial charge in [-0.1, -0.05) is 19.9 Å². The summed E-state index contributed by atoms with van der Waals surface area (Å²) in [5.74, 6) is -0.00130. The summed E-state index contributed by atoms with van der Waals surface area (Å²) >= 11 is 0. The fourth-order valence-corrected chi connectivity index (χ4v) is 3.29. The summed E-state index contributed by atoms with van der Waals surface area (Å²) in [7, 11) is 1.77. The van der Waals surface area contributed by atoms with Gasteiger partial charge in [-0.15, -0.1) is 0 Å². The molecule has 0 saturated carbocycles. The molecule has 8 heteroatoms. The number of rotatable bonds is 8. The van der Waals surface area contributed by atoms with Gasteiger partial charge in [0.2, 0.25) is 12.2 Å². The summed E-state index contributed by atoms with van der Waals surface area (Å²) in [5, 5.41) is 15.2. The minimum atomic E-state index is -0.812. The van der Waals surface area contributed by atoms with Gasteiger partial charge in [-0.25, -0.2) is 0 Å². The van der Waals surface area contributed by atoms with Crippen molar-refractivity contribution in [1.29, 1.82) is 0 Å². The average molecular weight is 408 g/mol. The van der Waals surface area contributed by atoms with E-state index in [0.29, 0.717) is 30.0 Å². The molecule has 1 aliphatic heterocycles. The first-order valence-electron chi connectivity index (χ1n) is 9.94. The maximum atomic E-state index is 12.2. The van der Waals surface area contributed by atoms with Gasteiger partial charge in [0.1, 0.15) is 5.75 Å². The van der Waals surface area contributed by atoms with Crippen molar-refractivity contribution in [2.75, 3.05) is 18.9 Å². The standard InChI is InChI=1S/C21H32N2O6/c1-12-13(2)20(28-15(4)25)21(27-14(12)3)29-18-7-6-16(11-24)10-17(18)23-19(26)8-9-22-5/h6-7,10,12-14,20-22,24H,8-9,11H2,1-5H3,(H,23,26)/t12-,13-,14?,20?,21-/m0/s1. The van der Waals surface area contributed by atoms with Crippen LogP contribution in [-0.4, -0.2) is 49.1 Å². The summed E-state index contributed by atoms with van der Waals surface area (Å²) in [6, 6.07) is 5.03. The van der Waals surface area contributed by atoms with E-state index < -0.39 is 18.4 Å². The van der Waals surface area contributed by atoms with Crippen molar-refractivity contribution >= 4 is 17.6 Å². The Bertz CT molecular complexity index is 710. The molecule has 0 aromatic heterocycles. The van der Waals surface area contributed by atoms with Gasteiger partial charge in [-0.05, 0) is 37.6 Å². The molecule has 1 aromatic rings. The van der Waals surface area contributed by atoms with Crippen LogP contribution in [0.1, 0.15) is 39.7 Å². The molecule has 1 aliphatic rings. The van der Waals surface area contributed by atoms with Gasteiger partial charge in [0.05, 0.1) is 18.4 Å². The van der Waals surface area contributed by atoms with E-state index in [1.54, 1.807) is 25.2 Å². The monoisotopic (exact) mass is 408 g/mol. The van der Waals surface area contributed by atoms with Crippen LogP contribution in [0.25, 0.3) is 0 Å². The fraction of sp³-hybridized carbons (Fsp3) is 0.619. The first kappa shape index (κ1) is 23.1. The van der Waals surface area contributed by atoms with Crippen LogP contribution in [0.3, 0.4) is 0 Å². The molecule has 0 spiro atoms.